The highest BCUT2D eigenvalue weighted by Crippen LogP contribution is 2.21. The predicted octanol–water partition coefficient (Wildman–Crippen LogP) is 1.23. The first-order valence-corrected chi connectivity index (χ1v) is 7.12. The largest absolute Gasteiger partial charge is 0.354 e. The highest BCUT2D eigenvalue weighted by atomic mass is 19.1. The molecule has 0 spiro atoms. The van der Waals surface area contributed by atoms with Gasteiger partial charge in [0.1, 0.15) is 11.9 Å². The molecular weight excluding hydrogens is 285 g/mol. The van der Waals surface area contributed by atoms with Crippen molar-refractivity contribution in [2.24, 2.45) is 0 Å². The quantitative estimate of drug-likeness (QED) is 0.782. The molecular formula is C15H20FN5O. The van der Waals surface area contributed by atoms with E-state index in [1.54, 1.807) is 54.3 Å². The monoisotopic (exact) mass is 305 g/mol. The van der Waals surface area contributed by atoms with E-state index < -0.39 is 6.04 Å². The Bertz CT molecular complexity index is 600. The minimum absolute atomic E-state index is 0.214. The van der Waals surface area contributed by atoms with E-state index in [0.717, 1.165) is 6.42 Å². The van der Waals surface area contributed by atoms with Gasteiger partial charge < -0.3 is 5.32 Å². The number of likely N-dealkylation sites (N-methyl/N-ethyl adjacent to an activating group) is 1. The molecule has 22 heavy (non-hydrogen) atoms. The van der Waals surface area contributed by atoms with Crippen LogP contribution in [0, 0.1) is 5.82 Å². The Morgan fingerprint density at radius 3 is 2.82 bits per heavy atom. The molecule has 0 saturated carbocycles. The maximum absolute atomic E-state index is 13.9. The van der Waals surface area contributed by atoms with Gasteiger partial charge in [-0.05, 0) is 26.6 Å². The summed E-state index contributed by atoms with van der Waals surface area (Å²) in [5.41, 5.74) is 0.376. The zero-order chi connectivity index (χ0) is 15.9. The van der Waals surface area contributed by atoms with Gasteiger partial charge in [-0.15, -0.1) is 5.10 Å². The highest BCUT2D eigenvalue weighted by molar-refractivity contribution is 5.83. The van der Waals surface area contributed by atoms with Gasteiger partial charge in [-0.3, -0.25) is 14.4 Å². The average molecular weight is 305 g/mol. The number of amides is 1. The summed E-state index contributed by atoms with van der Waals surface area (Å²) in [5.74, 6) is -0.590. The number of hydrogen-bond donors (Lipinski definition) is 1. The van der Waals surface area contributed by atoms with Crippen LogP contribution in [0.25, 0.3) is 0 Å². The van der Waals surface area contributed by atoms with Gasteiger partial charge in [0.25, 0.3) is 0 Å². The summed E-state index contributed by atoms with van der Waals surface area (Å²) in [6.45, 7) is 1.17. The molecule has 1 aromatic carbocycles. The summed E-state index contributed by atoms with van der Waals surface area (Å²) in [5, 5.41) is 10.4. The van der Waals surface area contributed by atoms with Gasteiger partial charge >= 0.3 is 0 Å². The molecule has 0 saturated heterocycles. The van der Waals surface area contributed by atoms with Crippen LogP contribution in [0.3, 0.4) is 0 Å². The summed E-state index contributed by atoms with van der Waals surface area (Å²) in [6.07, 6.45) is 4.11. The van der Waals surface area contributed by atoms with E-state index in [0.29, 0.717) is 18.7 Å². The average Bonchev–Trinajstić information content (AvgIpc) is 2.99. The number of aromatic nitrogens is 3. The number of rotatable bonds is 7. The third kappa shape index (κ3) is 4.11. The van der Waals surface area contributed by atoms with Crippen molar-refractivity contribution in [3.05, 3.63) is 48.0 Å². The second kappa shape index (κ2) is 7.65. The zero-order valence-corrected chi connectivity index (χ0v) is 12.7. The summed E-state index contributed by atoms with van der Waals surface area (Å²) in [6, 6.07) is 5.69. The molecule has 0 fully saturated rings. The topological polar surface area (TPSA) is 63.1 Å². The number of aryl methyl sites for hydroxylation is 1. The van der Waals surface area contributed by atoms with Crippen molar-refractivity contribution >= 4 is 5.91 Å². The lowest BCUT2D eigenvalue weighted by Gasteiger charge is -2.24. The van der Waals surface area contributed by atoms with Crippen LogP contribution in [-0.4, -0.2) is 46.4 Å². The fourth-order valence-corrected chi connectivity index (χ4v) is 2.25. The summed E-state index contributed by atoms with van der Waals surface area (Å²) in [4.78, 5) is 14.0. The van der Waals surface area contributed by atoms with Crippen LogP contribution < -0.4 is 5.32 Å². The summed E-state index contributed by atoms with van der Waals surface area (Å²) in [7, 11) is 3.51. The van der Waals surface area contributed by atoms with Crippen molar-refractivity contribution in [3.63, 3.8) is 0 Å². The smallest absolute Gasteiger partial charge is 0.242 e. The van der Waals surface area contributed by atoms with Crippen LogP contribution in [0.5, 0.6) is 0 Å². The van der Waals surface area contributed by atoms with Crippen LogP contribution >= 0.6 is 0 Å². The number of carbonyl (C=O) groups excluding carboxylic acids is 1. The molecule has 7 heteroatoms. The first-order valence-electron chi connectivity index (χ1n) is 7.12. The Morgan fingerprint density at radius 2 is 2.18 bits per heavy atom. The van der Waals surface area contributed by atoms with Gasteiger partial charge in [0, 0.05) is 24.8 Å². The van der Waals surface area contributed by atoms with Gasteiger partial charge in [0.15, 0.2) is 0 Å². The SMILES string of the molecule is CN(C)[C@H](C(=O)NCCCn1ccnn1)c1ccccc1F. The molecule has 0 unspecified atom stereocenters. The molecule has 0 aliphatic rings. The molecule has 1 aromatic heterocycles. The van der Waals surface area contributed by atoms with E-state index in [1.807, 2.05) is 0 Å². The van der Waals surface area contributed by atoms with E-state index in [4.69, 9.17) is 0 Å². The lowest BCUT2D eigenvalue weighted by molar-refractivity contribution is -0.125. The zero-order valence-electron chi connectivity index (χ0n) is 12.7. The molecule has 0 aliphatic carbocycles. The van der Waals surface area contributed by atoms with Crippen molar-refractivity contribution in [1.82, 2.24) is 25.2 Å². The van der Waals surface area contributed by atoms with Gasteiger partial charge in [0.05, 0.1) is 6.20 Å². The van der Waals surface area contributed by atoms with E-state index in [1.165, 1.54) is 6.07 Å². The lowest BCUT2D eigenvalue weighted by atomic mass is 10.0. The van der Waals surface area contributed by atoms with Gasteiger partial charge in [0.2, 0.25) is 5.91 Å². The van der Waals surface area contributed by atoms with Crippen molar-refractivity contribution in [2.45, 2.75) is 19.0 Å². The Kier molecular flexibility index (Phi) is 5.60. The van der Waals surface area contributed by atoms with Crippen molar-refractivity contribution < 1.29 is 9.18 Å². The number of carbonyl (C=O) groups is 1. The van der Waals surface area contributed by atoms with Crippen molar-refractivity contribution in [3.8, 4) is 0 Å². The summed E-state index contributed by atoms with van der Waals surface area (Å²) < 4.78 is 15.6. The molecule has 1 heterocycles. The number of hydrogen-bond acceptors (Lipinski definition) is 4. The Hall–Kier alpha value is -2.28. The Labute approximate surface area is 128 Å². The van der Waals surface area contributed by atoms with E-state index in [9.17, 15) is 9.18 Å². The Balaban J connectivity index is 1.91. The molecule has 1 amide bonds. The molecule has 1 atom stereocenters. The number of halogens is 1. The minimum atomic E-state index is -0.646. The second-order valence-corrected chi connectivity index (χ2v) is 5.20. The van der Waals surface area contributed by atoms with Crippen LogP contribution in [-0.2, 0) is 11.3 Å². The van der Waals surface area contributed by atoms with Crippen LogP contribution in [0.2, 0.25) is 0 Å². The number of nitrogens with zero attached hydrogens (tertiary/aromatic N) is 4. The van der Waals surface area contributed by atoms with Crippen molar-refractivity contribution in [2.75, 3.05) is 20.6 Å². The molecule has 0 aliphatic heterocycles. The third-order valence-electron chi connectivity index (χ3n) is 3.30. The molecule has 1 N–H and O–H groups in total. The lowest BCUT2D eigenvalue weighted by Crippen LogP contribution is -2.38. The maximum atomic E-state index is 13.9. The number of benzene rings is 1. The molecule has 6 nitrogen and oxygen atoms in total. The molecule has 0 radical (unpaired) electrons. The summed E-state index contributed by atoms with van der Waals surface area (Å²) >= 11 is 0. The minimum Gasteiger partial charge on any atom is -0.354 e. The first kappa shape index (κ1) is 16.1. The predicted molar refractivity (Wildman–Crippen MR) is 80.5 cm³/mol. The number of nitrogens with one attached hydrogen (secondary N) is 1. The normalized spacial score (nSPS) is 12.4. The van der Waals surface area contributed by atoms with Crippen LogP contribution in [0.1, 0.15) is 18.0 Å². The molecule has 2 rings (SSSR count). The van der Waals surface area contributed by atoms with E-state index in [2.05, 4.69) is 15.6 Å². The fourth-order valence-electron chi connectivity index (χ4n) is 2.25. The van der Waals surface area contributed by atoms with Crippen molar-refractivity contribution in [1.29, 1.82) is 0 Å². The van der Waals surface area contributed by atoms with Crippen LogP contribution in [0.4, 0.5) is 4.39 Å². The van der Waals surface area contributed by atoms with Crippen LogP contribution in [0.15, 0.2) is 36.7 Å². The molecule has 118 valence electrons. The first-order chi connectivity index (χ1) is 10.6. The van der Waals surface area contributed by atoms with E-state index >= 15 is 0 Å². The maximum Gasteiger partial charge on any atom is 0.242 e. The second-order valence-electron chi connectivity index (χ2n) is 5.20. The Morgan fingerprint density at radius 1 is 1.41 bits per heavy atom. The third-order valence-corrected chi connectivity index (χ3v) is 3.30. The molecule has 2 aromatic rings. The van der Waals surface area contributed by atoms with Gasteiger partial charge in [-0.25, -0.2) is 4.39 Å². The highest BCUT2D eigenvalue weighted by Gasteiger charge is 2.25. The fraction of sp³-hybridized carbons (Fsp3) is 0.400. The molecule has 0 bridgehead atoms. The van der Waals surface area contributed by atoms with E-state index in [-0.39, 0.29) is 11.7 Å². The van der Waals surface area contributed by atoms with Gasteiger partial charge in [-0.2, -0.15) is 0 Å². The standard InChI is InChI=1S/C15H20FN5O/c1-20(2)14(12-6-3-4-7-13(12)16)15(22)17-8-5-10-21-11-9-18-19-21/h3-4,6-7,9,11,14H,5,8,10H2,1-2H3,(H,17,22)/t14-/m0/s1. The van der Waals surface area contributed by atoms with Gasteiger partial charge in [-0.1, -0.05) is 23.4 Å².